The Kier molecular flexibility index (Phi) is 5.14. The number of likely N-dealkylation sites (N-methyl/N-ethyl adjacent to an activating group) is 1. The van der Waals surface area contributed by atoms with E-state index < -0.39 is 0 Å². The molecule has 1 unspecified atom stereocenters. The molecule has 0 radical (unpaired) electrons. The summed E-state index contributed by atoms with van der Waals surface area (Å²) in [6.45, 7) is 0.615. The number of benzene rings is 2. The van der Waals surface area contributed by atoms with Crippen molar-refractivity contribution < 1.29 is 0 Å². The van der Waals surface area contributed by atoms with Crippen LogP contribution in [0.4, 0.5) is 5.69 Å². The largest absolute Gasteiger partial charge is 0.381 e. The van der Waals surface area contributed by atoms with Crippen molar-refractivity contribution in [1.29, 1.82) is 10.5 Å². The molecule has 110 valence electrons. The van der Waals surface area contributed by atoms with E-state index in [9.17, 15) is 10.5 Å². The lowest BCUT2D eigenvalue weighted by Gasteiger charge is -2.26. The lowest BCUT2D eigenvalue weighted by atomic mass is 10.0. The van der Waals surface area contributed by atoms with E-state index in [1.54, 1.807) is 18.2 Å². The minimum Gasteiger partial charge on any atom is -0.381 e. The number of rotatable bonds is 5. The fourth-order valence-corrected chi connectivity index (χ4v) is 2.40. The summed E-state index contributed by atoms with van der Waals surface area (Å²) >= 11 is 0. The Morgan fingerprint density at radius 1 is 0.955 bits per heavy atom. The second-order valence-electron chi connectivity index (χ2n) is 5.22. The summed E-state index contributed by atoms with van der Waals surface area (Å²) in [6.07, 6.45) is 0. The normalized spacial score (nSPS) is 11.5. The molecule has 2 aromatic rings. The third-order valence-electron chi connectivity index (χ3n) is 3.59. The van der Waals surface area contributed by atoms with E-state index in [1.165, 1.54) is 5.56 Å². The number of hydrogen-bond acceptors (Lipinski definition) is 4. The summed E-state index contributed by atoms with van der Waals surface area (Å²) in [5, 5.41) is 21.7. The Balaban J connectivity index is 2.25. The molecule has 0 aliphatic rings. The molecule has 0 saturated heterocycles. The van der Waals surface area contributed by atoms with Crippen LogP contribution in [0.3, 0.4) is 0 Å². The van der Waals surface area contributed by atoms with Gasteiger partial charge in [-0.15, -0.1) is 0 Å². The van der Waals surface area contributed by atoms with Crippen molar-refractivity contribution in [3.8, 4) is 12.1 Å². The minimum absolute atomic E-state index is 0.152. The minimum atomic E-state index is 0.152. The zero-order valence-corrected chi connectivity index (χ0v) is 12.7. The maximum Gasteiger partial charge on any atom is 0.101 e. The molecule has 1 N–H and O–H groups in total. The number of para-hydroxylation sites is 1. The van der Waals surface area contributed by atoms with Crippen LogP contribution in [0.2, 0.25) is 0 Å². The van der Waals surface area contributed by atoms with Crippen LogP contribution in [0.25, 0.3) is 0 Å². The first-order chi connectivity index (χ1) is 10.7. The monoisotopic (exact) mass is 290 g/mol. The molecule has 1 atom stereocenters. The molecule has 0 bridgehead atoms. The number of nitriles is 2. The number of nitrogens with zero attached hydrogens (tertiary/aromatic N) is 3. The Bertz CT molecular complexity index is 676. The standard InChI is InChI=1S/C18H18N4/c1-22(2)17(14-7-4-3-5-8-14)13-21-18-15(11-19)9-6-10-16(18)12-20/h3-10,17,21H,13H2,1-2H3. The molecule has 0 fully saturated rings. The first-order valence-corrected chi connectivity index (χ1v) is 7.06. The van der Waals surface area contributed by atoms with Crippen LogP contribution >= 0.6 is 0 Å². The van der Waals surface area contributed by atoms with E-state index in [1.807, 2.05) is 32.3 Å². The SMILES string of the molecule is CN(C)C(CNc1c(C#N)cccc1C#N)c1ccccc1. The highest BCUT2D eigenvalue weighted by Crippen LogP contribution is 2.23. The fourth-order valence-electron chi connectivity index (χ4n) is 2.40. The van der Waals surface area contributed by atoms with Gasteiger partial charge in [0.2, 0.25) is 0 Å². The van der Waals surface area contributed by atoms with E-state index in [2.05, 4.69) is 34.5 Å². The highest BCUT2D eigenvalue weighted by Gasteiger charge is 2.15. The molecule has 0 aliphatic heterocycles. The summed E-state index contributed by atoms with van der Waals surface area (Å²) in [4.78, 5) is 2.11. The predicted octanol–water partition coefficient (Wildman–Crippen LogP) is 3.14. The van der Waals surface area contributed by atoms with Crippen molar-refractivity contribution in [2.75, 3.05) is 26.0 Å². The topological polar surface area (TPSA) is 62.9 Å². The molecule has 4 heteroatoms. The van der Waals surface area contributed by atoms with Gasteiger partial charge < -0.3 is 10.2 Å². The first-order valence-electron chi connectivity index (χ1n) is 7.06. The van der Waals surface area contributed by atoms with E-state index in [0.29, 0.717) is 23.4 Å². The Morgan fingerprint density at radius 2 is 1.55 bits per heavy atom. The molecule has 22 heavy (non-hydrogen) atoms. The molecule has 2 aromatic carbocycles. The molecule has 4 nitrogen and oxygen atoms in total. The van der Waals surface area contributed by atoms with Crippen LogP contribution in [-0.4, -0.2) is 25.5 Å². The molecular formula is C18H18N4. The summed E-state index contributed by atoms with van der Waals surface area (Å²) < 4.78 is 0. The molecule has 0 aromatic heterocycles. The third kappa shape index (κ3) is 3.44. The quantitative estimate of drug-likeness (QED) is 0.919. The van der Waals surface area contributed by atoms with Crippen LogP contribution in [-0.2, 0) is 0 Å². The average molecular weight is 290 g/mol. The van der Waals surface area contributed by atoms with Gasteiger partial charge in [0.1, 0.15) is 12.1 Å². The highest BCUT2D eigenvalue weighted by molar-refractivity contribution is 5.66. The second-order valence-corrected chi connectivity index (χ2v) is 5.22. The van der Waals surface area contributed by atoms with Crippen LogP contribution < -0.4 is 5.32 Å². The molecule has 0 aliphatic carbocycles. The maximum atomic E-state index is 9.22. The van der Waals surface area contributed by atoms with Gasteiger partial charge in [-0.25, -0.2) is 0 Å². The summed E-state index contributed by atoms with van der Waals surface area (Å²) in [7, 11) is 4.03. The van der Waals surface area contributed by atoms with Crippen molar-refractivity contribution in [1.82, 2.24) is 4.90 Å². The van der Waals surface area contributed by atoms with Crippen molar-refractivity contribution in [3.63, 3.8) is 0 Å². The summed E-state index contributed by atoms with van der Waals surface area (Å²) in [5.74, 6) is 0. The summed E-state index contributed by atoms with van der Waals surface area (Å²) in [5.41, 5.74) is 2.78. The lowest BCUT2D eigenvalue weighted by molar-refractivity contribution is 0.312. The third-order valence-corrected chi connectivity index (χ3v) is 3.59. The number of nitrogens with one attached hydrogen (secondary N) is 1. The number of hydrogen-bond donors (Lipinski definition) is 1. The van der Waals surface area contributed by atoms with Gasteiger partial charge in [-0.1, -0.05) is 36.4 Å². The molecule has 0 saturated carbocycles. The van der Waals surface area contributed by atoms with Crippen molar-refractivity contribution in [3.05, 3.63) is 65.2 Å². The molecule has 0 heterocycles. The second kappa shape index (κ2) is 7.26. The Morgan fingerprint density at radius 3 is 2.05 bits per heavy atom. The van der Waals surface area contributed by atoms with Crippen LogP contribution in [0, 0.1) is 22.7 Å². The van der Waals surface area contributed by atoms with Crippen molar-refractivity contribution >= 4 is 5.69 Å². The van der Waals surface area contributed by atoms with Gasteiger partial charge in [0.15, 0.2) is 0 Å². The van der Waals surface area contributed by atoms with Gasteiger partial charge in [-0.05, 0) is 31.8 Å². The van der Waals surface area contributed by atoms with Crippen LogP contribution in [0.5, 0.6) is 0 Å². The van der Waals surface area contributed by atoms with Gasteiger partial charge in [0, 0.05) is 6.54 Å². The van der Waals surface area contributed by atoms with Crippen LogP contribution in [0.1, 0.15) is 22.7 Å². The van der Waals surface area contributed by atoms with Gasteiger partial charge >= 0.3 is 0 Å². The molecule has 2 rings (SSSR count). The zero-order chi connectivity index (χ0) is 15.9. The van der Waals surface area contributed by atoms with Gasteiger partial charge in [-0.2, -0.15) is 10.5 Å². The van der Waals surface area contributed by atoms with Crippen LogP contribution in [0.15, 0.2) is 48.5 Å². The summed E-state index contributed by atoms with van der Waals surface area (Å²) in [6, 6.07) is 19.7. The first kappa shape index (κ1) is 15.6. The van der Waals surface area contributed by atoms with Crippen molar-refractivity contribution in [2.24, 2.45) is 0 Å². The predicted molar refractivity (Wildman–Crippen MR) is 87.2 cm³/mol. The van der Waals surface area contributed by atoms with Crippen molar-refractivity contribution in [2.45, 2.75) is 6.04 Å². The molecular weight excluding hydrogens is 272 g/mol. The average Bonchev–Trinajstić information content (AvgIpc) is 2.55. The van der Waals surface area contributed by atoms with E-state index in [-0.39, 0.29) is 6.04 Å². The maximum absolute atomic E-state index is 9.22. The van der Waals surface area contributed by atoms with E-state index >= 15 is 0 Å². The zero-order valence-electron chi connectivity index (χ0n) is 12.7. The van der Waals surface area contributed by atoms with E-state index in [4.69, 9.17) is 0 Å². The lowest BCUT2D eigenvalue weighted by Crippen LogP contribution is -2.27. The highest BCUT2D eigenvalue weighted by atomic mass is 15.1. The smallest absolute Gasteiger partial charge is 0.101 e. The molecule has 0 spiro atoms. The van der Waals surface area contributed by atoms with Gasteiger partial charge in [0.05, 0.1) is 22.9 Å². The number of anilines is 1. The Labute approximate surface area is 131 Å². The van der Waals surface area contributed by atoms with Gasteiger partial charge in [0.25, 0.3) is 0 Å². The van der Waals surface area contributed by atoms with E-state index in [0.717, 1.165) is 0 Å². The molecule has 0 amide bonds. The van der Waals surface area contributed by atoms with Gasteiger partial charge in [-0.3, -0.25) is 0 Å². The fraction of sp³-hybridized carbons (Fsp3) is 0.222. The Hall–Kier alpha value is -2.82.